The summed E-state index contributed by atoms with van der Waals surface area (Å²) >= 11 is 0. The van der Waals surface area contributed by atoms with Crippen molar-refractivity contribution in [3.8, 4) is 0 Å². The van der Waals surface area contributed by atoms with Crippen LogP contribution in [0.3, 0.4) is 0 Å². The Labute approximate surface area is 180 Å². The second kappa shape index (κ2) is 11.2. The Balaban J connectivity index is 0.00000261. The molecule has 0 bridgehead atoms. The third-order valence-electron chi connectivity index (χ3n) is 5.13. The van der Waals surface area contributed by atoms with Gasteiger partial charge in [0.2, 0.25) is 0 Å². The highest BCUT2D eigenvalue weighted by Crippen LogP contribution is 2.19. The van der Waals surface area contributed by atoms with Gasteiger partial charge in [-0.15, -0.1) is 24.0 Å². The summed E-state index contributed by atoms with van der Waals surface area (Å²) in [7, 11) is 1.85. The number of nitrogens with one attached hydrogen (secondary N) is 2. The number of rotatable bonds is 5. The normalized spacial score (nSPS) is 15.2. The second-order valence-electron chi connectivity index (χ2n) is 6.79. The Morgan fingerprint density at radius 2 is 1.63 bits per heavy atom. The van der Waals surface area contributed by atoms with Gasteiger partial charge in [-0.05, 0) is 42.5 Å². The number of piperidine rings is 1. The number of nitrogens with zero attached hydrogens (tertiary/aromatic N) is 2. The predicted molar refractivity (Wildman–Crippen MR) is 126 cm³/mol. The van der Waals surface area contributed by atoms with Gasteiger partial charge in [-0.2, -0.15) is 0 Å². The minimum atomic E-state index is 0. The highest BCUT2D eigenvalue weighted by atomic mass is 127. The molecule has 2 N–H and O–H groups in total. The monoisotopic (exact) mass is 478 g/mol. The number of benzene rings is 2. The fourth-order valence-corrected chi connectivity index (χ4v) is 3.56. The van der Waals surface area contributed by atoms with Crippen LogP contribution in [0.5, 0.6) is 0 Å². The van der Waals surface area contributed by atoms with Crippen molar-refractivity contribution in [3.63, 3.8) is 0 Å². The molecule has 146 valence electrons. The Morgan fingerprint density at radius 3 is 2.26 bits per heavy atom. The van der Waals surface area contributed by atoms with E-state index in [-0.39, 0.29) is 24.0 Å². The van der Waals surface area contributed by atoms with E-state index in [0.29, 0.717) is 6.04 Å². The Bertz CT molecular complexity index is 709. The van der Waals surface area contributed by atoms with E-state index in [1.807, 2.05) is 7.05 Å². The molecule has 1 saturated heterocycles. The Hall–Kier alpha value is -1.76. The number of halogens is 1. The van der Waals surface area contributed by atoms with Crippen LogP contribution in [0.1, 0.15) is 30.9 Å². The maximum atomic E-state index is 4.41. The van der Waals surface area contributed by atoms with Crippen molar-refractivity contribution in [2.45, 2.75) is 38.8 Å². The van der Waals surface area contributed by atoms with Gasteiger partial charge in [0.1, 0.15) is 0 Å². The molecule has 1 fully saturated rings. The lowest BCUT2D eigenvalue weighted by Crippen LogP contribution is -2.48. The zero-order valence-corrected chi connectivity index (χ0v) is 18.6. The number of hydrogen-bond acceptors (Lipinski definition) is 2. The largest absolute Gasteiger partial charge is 0.371 e. The predicted octanol–water partition coefficient (Wildman–Crippen LogP) is 4.20. The van der Waals surface area contributed by atoms with Crippen LogP contribution in [0.2, 0.25) is 0 Å². The van der Waals surface area contributed by atoms with Crippen LogP contribution in [0.4, 0.5) is 5.69 Å². The number of aliphatic imine (C=N–C) groups is 1. The summed E-state index contributed by atoms with van der Waals surface area (Å²) in [5, 5.41) is 7.07. The molecule has 0 saturated carbocycles. The summed E-state index contributed by atoms with van der Waals surface area (Å²) in [4.78, 5) is 6.87. The van der Waals surface area contributed by atoms with Crippen molar-refractivity contribution >= 4 is 35.6 Å². The molecule has 0 aliphatic carbocycles. The van der Waals surface area contributed by atoms with Crippen molar-refractivity contribution in [3.05, 3.63) is 65.7 Å². The van der Waals surface area contributed by atoms with Crippen LogP contribution in [0.25, 0.3) is 0 Å². The van der Waals surface area contributed by atoms with Gasteiger partial charge < -0.3 is 15.5 Å². The van der Waals surface area contributed by atoms with Gasteiger partial charge in [-0.1, -0.05) is 49.4 Å². The van der Waals surface area contributed by atoms with E-state index in [9.17, 15) is 0 Å². The first-order valence-electron chi connectivity index (χ1n) is 9.64. The molecule has 2 aromatic rings. The fourth-order valence-electron chi connectivity index (χ4n) is 3.56. The van der Waals surface area contributed by atoms with E-state index < -0.39 is 0 Å². The van der Waals surface area contributed by atoms with Crippen LogP contribution < -0.4 is 15.5 Å². The third-order valence-corrected chi connectivity index (χ3v) is 5.13. The molecule has 0 spiro atoms. The first kappa shape index (κ1) is 21.5. The molecule has 5 heteroatoms. The van der Waals surface area contributed by atoms with Gasteiger partial charge in [-0.25, -0.2) is 0 Å². The lowest BCUT2D eigenvalue weighted by molar-refractivity contribution is 0.461. The average Bonchev–Trinajstić information content (AvgIpc) is 2.72. The average molecular weight is 478 g/mol. The summed E-state index contributed by atoms with van der Waals surface area (Å²) in [5.41, 5.74) is 4.06. The highest BCUT2D eigenvalue weighted by molar-refractivity contribution is 14.0. The number of hydrogen-bond donors (Lipinski definition) is 2. The molecule has 3 rings (SSSR count). The van der Waals surface area contributed by atoms with E-state index in [1.54, 1.807) is 0 Å². The standard InChI is InChI=1S/C22H30N4.HI/c1-3-18-9-7-8-10-19(18)17-24-22(23-2)25-20-13-15-26(16-14-20)21-11-5-4-6-12-21;/h4-12,20H,3,13-17H2,1-2H3,(H2,23,24,25);1H. The zero-order chi connectivity index (χ0) is 18.2. The second-order valence-corrected chi connectivity index (χ2v) is 6.79. The number of guanidine groups is 1. The van der Waals surface area contributed by atoms with Crippen molar-refractivity contribution in [2.75, 3.05) is 25.0 Å². The number of anilines is 1. The zero-order valence-electron chi connectivity index (χ0n) is 16.3. The molecule has 27 heavy (non-hydrogen) atoms. The summed E-state index contributed by atoms with van der Waals surface area (Å²) in [6.07, 6.45) is 3.31. The molecule has 0 radical (unpaired) electrons. The van der Waals surface area contributed by atoms with Crippen molar-refractivity contribution < 1.29 is 0 Å². The quantitative estimate of drug-likeness (QED) is 0.385. The SMILES string of the molecule is CCc1ccccc1CNC(=NC)NC1CCN(c2ccccc2)CC1.I. The van der Waals surface area contributed by atoms with Gasteiger partial charge in [0.15, 0.2) is 5.96 Å². The molecule has 1 heterocycles. The van der Waals surface area contributed by atoms with Crippen LogP contribution in [-0.4, -0.2) is 32.1 Å². The molecule has 0 atom stereocenters. The smallest absolute Gasteiger partial charge is 0.191 e. The van der Waals surface area contributed by atoms with Crippen LogP contribution in [0.15, 0.2) is 59.6 Å². The van der Waals surface area contributed by atoms with Gasteiger partial charge in [0.05, 0.1) is 0 Å². The van der Waals surface area contributed by atoms with E-state index in [2.05, 4.69) is 82.0 Å². The number of aryl methyl sites for hydroxylation is 1. The van der Waals surface area contributed by atoms with E-state index in [4.69, 9.17) is 0 Å². The van der Waals surface area contributed by atoms with Gasteiger partial charge in [0, 0.05) is 38.4 Å². The first-order chi connectivity index (χ1) is 12.8. The van der Waals surface area contributed by atoms with E-state index in [1.165, 1.54) is 16.8 Å². The lowest BCUT2D eigenvalue weighted by Gasteiger charge is -2.34. The lowest BCUT2D eigenvalue weighted by atomic mass is 10.0. The topological polar surface area (TPSA) is 39.7 Å². The molecule has 0 amide bonds. The molecule has 1 aliphatic rings. The molecule has 0 unspecified atom stereocenters. The van der Waals surface area contributed by atoms with E-state index in [0.717, 1.165) is 44.9 Å². The van der Waals surface area contributed by atoms with Crippen LogP contribution in [0, 0.1) is 0 Å². The Morgan fingerprint density at radius 1 is 1.00 bits per heavy atom. The molecule has 2 aromatic carbocycles. The highest BCUT2D eigenvalue weighted by Gasteiger charge is 2.20. The van der Waals surface area contributed by atoms with Gasteiger partial charge in [-0.3, -0.25) is 4.99 Å². The summed E-state index contributed by atoms with van der Waals surface area (Å²) in [5.74, 6) is 0.897. The minimum absolute atomic E-state index is 0. The first-order valence-corrected chi connectivity index (χ1v) is 9.64. The third kappa shape index (κ3) is 6.13. The van der Waals surface area contributed by atoms with Crippen molar-refractivity contribution in [1.29, 1.82) is 0 Å². The molecular weight excluding hydrogens is 447 g/mol. The summed E-state index contributed by atoms with van der Waals surface area (Å²) in [6.45, 7) is 5.17. The van der Waals surface area contributed by atoms with Crippen LogP contribution in [-0.2, 0) is 13.0 Å². The summed E-state index contributed by atoms with van der Waals surface area (Å²) in [6, 6.07) is 19.8. The maximum Gasteiger partial charge on any atom is 0.191 e. The van der Waals surface area contributed by atoms with Crippen molar-refractivity contribution in [2.24, 2.45) is 4.99 Å². The van der Waals surface area contributed by atoms with Gasteiger partial charge >= 0.3 is 0 Å². The molecule has 4 nitrogen and oxygen atoms in total. The molecule has 1 aliphatic heterocycles. The van der Waals surface area contributed by atoms with E-state index >= 15 is 0 Å². The summed E-state index contributed by atoms with van der Waals surface area (Å²) < 4.78 is 0. The van der Waals surface area contributed by atoms with Gasteiger partial charge in [0.25, 0.3) is 0 Å². The minimum Gasteiger partial charge on any atom is -0.371 e. The maximum absolute atomic E-state index is 4.41. The van der Waals surface area contributed by atoms with Crippen molar-refractivity contribution in [1.82, 2.24) is 10.6 Å². The molecule has 0 aromatic heterocycles. The van der Waals surface area contributed by atoms with Crippen LogP contribution >= 0.6 is 24.0 Å². The molecular formula is C22H31IN4. The fraction of sp³-hybridized carbons (Fsp3) is 0.409. The number of para-hydroxylation sites is 1. The Kier molecular flexibility index (Phi) is 8.91.